The molecule has 6 rings (SSSR count). The zero-order valence-electron chi connectivity index (χ0n) is 19.5. The Labute approximate surface area is 207 Å². The summed E-state index contributed by atoms with van der Waals surface area (Å²) in [7, 11) is 3.94. The van der Waals surface area contributed by atoms with Gasteiger partial charge in [0.1, 0.15) is 5.75 Å². The topological polar surface area (TPSA) is 78.2 Å². The molecule has 3 heterocycles. The van der Waals surface area contributed by atoms with Crippen LogP contribution in [0.3, 0.4) is 0 Å². The third kappa shape index (κ3) is 4.26. The first-order valence-electron chi connectivity index (χ1n) is 11.5. The van der Waals surface area contributed by atoms with Crippen LogP contribution in [0.4, 0.5) is 11.6 Å². The summed E-state index contributed by atoms with van der Waals surface area (Å²) in [6, 6.07) is 20.7. The molecule has 0 unspecified atom stereocenters. The lowest BCUT2D eigenvalue weighted by Gasteiger charge is -2.27. The third-order valence-electron chi connectivity index (χ3n) is 6.27. The molecule has 35 heavy (non-hydrogen) atoms. The largest absolute Gasteiger partial charge is 0.426 e. The Morgan fingerprint density at radius 3 is 2.46 bits per heavy atom. The summed E-state index contributed by atoms with van der Waals surface area (Å²) in [5, 5.41) is 7.61. The van der Waals surface area contributed by atoms with Crippen molar-refractivity contribution >= 4 is 45.3 Å². The fourth-order valence-electron chi connectivity index (χ4n) is 4.19. The van der Waals surface area contributed by atoms with Crippen molar-refractivity contribution in [3.8, 4) is 11.8 Å². The van der Waals surface area contributed by atoms with Crippen LogP contribution in [0.1, 0.15) is 5.56 Å². The van der Waals surface area contributed by atoms with Crippen molar-refractivity contribution < 1.29 is 9.47 Å². The van der Waals surface area contributed by atoms with Crippen molar-refractivity contribution in [3.05, 3.63) is 71.2 Å². The van der Waals surface area contributed by atoms with E-state index in [-0.39, 0.29) is 0 Å². The highest BCUT2D eigenvalue weighted by molar-refractivity contribution is 6.31. The van der Waals surface area contributed by atoms with E-state index in [1.54, 1.807) is 0 Å². The Kier molecular flexibility index (Phi) is 5.47. The number of rotatable bonds is 7. The Morgan fingerprint density at radius 2 is 1.69 bits per heavy atom. The van der Waals surface area contributed by atoms with Crippen LogP contribution < -0.4 is 15.4 Å². The van der Waals surface area contributed by atoms with E-state index in [9.17, 15) is 0 Å². The number of nitrogens with zero attached hydrogens (tertiary/aromatic N) is 4. The zero-order chi connectivity index (χ0) is 23.9. The van der Waals surface area contributed by atoms with Crippen LogP contribution in [-0.2, 0) is 25.4 Å². The molecule has 1 fully saturated rings. The van der Waals surface area contributed by atoms with Crippen LogP contribution in [0, 0.1) is 0 Å². The monoisotopic (exact) mass is 488 g/mol. The minimum atomic E-state index is 0.389. The number of hydrogen-bond acceptors (Lipinski definition) is 6. The molecule has 0 spiro atoms. The van der Waals surface area contributed by atoms with Gasteiger partial charge in [0.25, 0.3) is 0 Å². The molecule has 8 nitrogen and oxygen atoms in total. The van der Waals surface area contributed by atoms with Crippen molar-refractivity contribution in [1.82, 2.24) is 19.1 Å². The third-order valence-corrected chi connectivity index (χ3v) is 6.51. The van der Waals surface area contributed by atoms with Gasteiger partial charge in [0.15, 0.2) is 0 Å². The maximum absolute atomic E-state index is 6.12. The number of benzene rings is 3. The van der Waals surface area contributed by atoms with Crippen LogP contribution in [0.5, 0.6) is 11.8 Å². The predicted octanol–water partition coefficient (Wildman–Crippen LogP) is 5.33. The Hall–Kier alpha value is -3.75. The van der Waals surface area contributed by atoms with Crippen molar-refractivity contribution in [2.75, 3.05) is 23.8 Å². The lowest BCUT2D eigenvalue weighted by atomic mass is 10.2. The van der Waals surface area contributed by atoms with E-state index in [2.05, 4.69) is 32.3 Å². The fourth-order valence-corrected chi connectivity index (χ4v) is 4.35. The van der Waals surface area contributed by atoms with Gasteiger partial charge in [-0.1, -0.05) is 23.7 Å². The van der Waals surface area contributed by atoms with E-state index < -0.39 is 0 Å². The first kappa shape index (κ1) is 21.8. The molecular weight excluding hydrogens is 464 g/mol. The summed E-state index contributed by atoms with van der Waals surface area (Å²) in [4.78, 5) is 9.30. The second-order valence-electron chi connectivity index (χ2n) is 8.76. The van der Waals surface area contributed by atoms with Gasteiger partial charge < -0.3 is 24.7 Å². The SMILES string of the molecule is Cn1c(NCc2ccc(Oc3nc4ccc(Cl)cc4n3C)cc2)nc2ccc(NC3COC3)cc21. The molecule has 0 saturated carbocycles. The number of halogens is 1. The maximum Gasteiger partial charge on any atom is 0.302 e. The Balaban J connectivity index is 1.13. The quantitative estimate of drug-likeness (QED) is 0.322. The number of aryl methyl sites for hydroxylation is 2. The molecule has 0 atom stereocenters. The summed E-state index contributed by atoms with van der Waals surface area (Å²) < 4.78 is 15.2. The molecule has 1 aliphatic heterocycles. The molecule has 0 amide bonds. The molecule has 0 aliphatic carbocycles. The van der Waals surface area contributed by atoms with Crippen LogP contribution in [0.25, 0.3) is 22.1 Å². The molecule has 1 saturated heterocycles. The average Bonchev–Trinajstić information content (AvgIpc) is 3.32. The van der Waals surface area contributed by atoms with E-state index in [1.807, 2.05) is 67.2 Å². The van der Waals surface area contributed by atoms with Gasteiger partial charge in [0, 0.05) is 31.4 Å². The van der Waals surface area contributed by atoms with Gasteiger partial charge in [-0.2, -0.15) is 4.98 Å². The molecule has 0 radical (unpaired) electrons. The van der Waals surface area contributed by atoms with Crippen LogP contribution >= 0.6 is 11.6 Å². The highest BCUT2D eigenvalue weighted by Crippen LogP contribution is 2.27. The van der Waals surface area contributed by atoms with E-state index in [1.165, 1.54) is 0 Å². The summed E-state index contributed by atoms with van der Waals surface area (Å²) in [5.74, 6) is 1.54. The number of anilines is 2. The van der Waals surface area contributed by atoms with E-state index in [0.29, 0.717) is 23.6 Å². The summed E-state index contributed by atoms with van der Waals surface area (Å²) >= 11 is 6.12. The van der Waals surface area contributed by atoms with Gasteiger partial charge >= 0.3 is 6.01 Å². The number of aromatic nitrogens is 4. The highest BCUT2D eigenvalue weighted by Gasteiger charge is 2.18. The van der Waals surface area contributed by atoms with E-state index in [4.69, 9.17) is 26.1 Å². The summed E-state index contributed by atoms with van der Waals surface area (Å²) in [6.07, 6.45) is 0. The maximum atomic E-state index is 6.12. The van der Waals surface area contributed by atoms with Gasteiger partial charge in [0.05, 0.1) is 41.3 Å². The Bertz CT molecular complexity index is 1520. The standard InChI is InChI=1S/C26H25ClN6O2/c1-32-24-12-18(29-19-14-34-15-19)6-10-21(24)30-25(32)28-13-16-3-7-20(8-4-16)35-26-31-22-9-5-17(27)11-23(22)33(26)2/h3-12,19,29H,13-15H2,1-2H3,(H,28,30). The predicted molar refractivity (Wildman–Crippen MR) is 139 cm³/mol. The van der Waals surface area contributed by atoms with Crippen LogP contribution in [0.15, 0.2) is 60.7 Å². The van der Waals surface area contributed by atoms with Gasteiger partial charge in [-0.25, -0.2) is 4.98 Å². The minimum absolute atomic E-state index is 0.389. The number of hydrogen-bond donors (Lipinski definition) is 2. The van der Waals surface area contributed by atoms with Crippen molar-refractivity contribution in [3.63, 3.8) is 0 Å². The molecule has 2 aromatic heterocycles. The smallest absolute Gasteiger partial charge is 0.302 e. The molecule has 5 aromatic rings. The lowest BCUT2D eigenvalue weighted by Crippen LogP contribution is -2.40. The fraction of sp³-hybridized carbons (Fsp3) is 0.231. The summed E-state index contributed by atoms with van der Waals surface area (Å²) in [6.45, 7) is 2.16. The van der Waals surface area contributed by atoms with E-state index >= 15 is 0 Å². The number of nitrogens with one attached hydrogen (secondary N) is 2. The van der Waals surface area contributed by atoms with Gasteiger partial charge in [-0.05, 0) is 54.1 Å². The van der Waals surface area contributed by atoms with Crippen molar-refractivity contribution in [2.24, 2.45) is 14.1 Å². The second kappa shape index (κ2) is 8.79. The average molecular weight is 489 g/mol. The number of imidazole rings is 2. The van der Waals surface area contributed by atoms with Gasteiger partial charge in [0.2, 0.25) is 5.95 Å². The molecular formula is C26H25ClN6O2. The van der Waals surface area contributed by atoms with Gasteiger partial charge in [-0.15, -0.1) is 0 Å². The molecule has 9 heteroatoms. The first-order valence-corrected chi connectivity index (χ1v) is 11.8. The number of ether oxygens (including phenoxy) is 2. The molecule has 1 aliphatic rings. The highest BCUT2D eigenvalue weighted by atomic mass is 35.5. The molecule has 3 aromatic carbocycles. The normalized spacial score (nSPS) is 13.8. The van der Waals surface area contributed by atoms with Crippen molar-refractivity contribution in [2.45, 2.75) is 12.6 Å². The first-order chi connectivity index (χ1) is 17.0. The van der Waals surface area contributed by atoms with Crippen LogP contribution in [0.2, 0.25) is 5.02 Å². The van der Waals surface area contributed by atoms with Crippen molar-refractivity contribution in [1.29, 1.82) is 0 Å². The second-order valence-corrected chi connectivity index (χ2v) is 9.20. The summed E-state index contributed by atoms with van der Waals surface area (Å²) in [5.41, 5.74) is 6.00. The van der Waals surface area contributed by atoms with Crippen LogP contribution in [-0.4, -0.2) is 38.4 Å². The van der Waals surface area contributed by atoms with Gasteiger partial charge in [-0.3, -0.25) is 4.57 Å². The molecule has 178 valence electrons. The van der Waals surface area contributed by atoms with E-state index in [0.717, 1.165) is 58.2 Å². The molecule has 0 bridgehead atoms. The minimum Gasteiger partial charge on any atom is -0.426 e. The number of fused-ring (bicyclic) bond motifs is 2. The zero-order valence-corrected chi connectivity index (χ0v) is 20.2. The Morgan fingerprint density at radius 1 is 0.943 bits per heavy atom. The lowest BCUT2D eigenvalue weighted by molar-refractivity contribution is 0.0211. The molecule has 2 N–H and O–H groups in total.